The first-order valence-corrected chi connectivity index (χ1v) is 7.94. The maximum atomic E-state index is 11.0. The van der Waals surface area contributed by atoms with Crippen LogP contribution in [0.25, 0.3) is 0 Å². The van der Waals surface area contributed by atoms with Crippen molar-refractivity contribution in [3.63, 3.8) is 0 Å². The number of nitrogens with one attached hydrogen (secondary N) is 1. The number of hydrogen-bond acceptors (Lipinski definition) is 3. The molecule has 1 heterocycles. The Kier molecular flexibility index (Phi) is 5.06. The predicted molar refractivity (Wildman–Crippen MR) is 77.2 cm³/mol. The Morgan fingerprint density at radius 2 is 2.39 bits per heavy atom. The van der Waals surface area contributed by atoms with E-state index in [1.807, 2.05) is 6.07 Å². The molecule has 2 N–H and O–H groups in total. The SMILES string of the molecule is O=C(O)C1CCCC1CNCc1cc(Br)c(Cl)s1. The quantitative estimate of drug-likeness (QED) is 0.848. The van der Waals surface area contributed by atoms with E-state index in [0.717, 1.165) is 46.0 Å². The molecule has 1 aliphatic carbocycles. The number of carboxylic acid groups (broad SMARTS) is 1. The summed E-state index contributed by atoms with van der Waals surface area (Å²) in [5, 5.41) is 12.4. The van der Waals surface area contributed by atoms with Gasteiger partial charge in [0.25, 0.3) is 0 Å². The first-order valence-electron chi connectivity index (χ1n) is 5.95. The molecule has 1 saturated carbocycles. The highest BCUT2D eigenvalue weighted by molar-refractivity contribution is 9.10. The molecule has 2 atom stereocenters. The van der Waals surface area contributed by atoms with Gasteiger partial charge < -0.3 is 10.4 Å². The first-order chi connectivity index (χ1) is 8.58. The minimum atomic E-state index is -0.652. The number of halogens is 2. The molecule has 0 aromatic carbocycles. The second-order valence-corrected chi connectivity index (χ2v) is 7.19. The third-order valence-corrected chi connectivity index (χ3v) is 5.85. The summed E-state index contributed by atoms with van der Waals surface area (Å²) in [6, 6.07) is 2.00. The van der Waals surface area contributed by atoms with Crippen LogP contribution < -0.4 is 5.32 Å². The lowest BCUT2D eigenvalue weighted by Crippen LogP contribution is -2.28. The normalized spacial score (nSPS) is 23.4. The van der Waals surface area contributed by atoms with Crippen LogP contribution in [0, 0.1) is 11.8 Å². The van der Waals surface area contributed by atoms with E-state index < -0.39 is 5.97 Å². The van der Waals surface area contributed by atoms with Crippen LogP contribution in [0.3, 0.4) is 0 Å². The molecule has 2 unspecified atom stereocenters. The van der Waals surface area contributed by atoms with Gasteiger partial charge >= 0.3 is 5.97 Å². The fourth-order valence-corrected chi connectivity index (χ4v) is 4.23. The van der Waals surface area contributed by atoms with Gasteiger partial charge in [0, 0.05) is 15.9 Å². The molecule has 18 heavy (non-hydrogen) atoms. The first kappa shape index (κ1) is 14.3. The average molecular weight is 353 g/mol. The second kappa shape index (κ2) is 6.37. The molecule has 6 heteroatoms. The highest BCUT2D eigenvalue weighted by atomic mass is 79.9. The Hall–Kier alpha value is -0.100. The van der Waals surface area contributed by atoms with Gasteiger partial charge in [-0.25, -0.2) is 0 Å². The maximum absolute atomic E-state index is 11.0. The van der Waals surface area contributed by atoms with Gasteiger partial charge in [-0.15, -0.1) is 11.3 Å². The lowest BCUT2D eigenvalue weighted by atomic mass is 9.96. The number of carbonyl (C=O) groups is 1. The molecule has 0 bridgehead atoms. The Bertz CT molecular complexity index is 418. The minimum absolute atomic E-state index is 0.170. The standard InChI is InChI=1S/C12H15BrClNO2S/c13-10-4-8(18-11(10)14)6-15-5-7-2-1-3-9(7)12(16)17/h4,7,9,15H,1-3,5-6H2,(H,16,17). The third-order valence-electron chi connectivity index (χ3n) is 3.38. The fraction of sp³-hybridized carbons (Fsp3) is 0.583. The maximum Gasteiger partial charge on any atom is 0.306 e. The van der Waals surface area contributed by atoms with Crippen LogP contribution in [0.5, 0.6) is 0 Å². The van der Waals surface area contributed by atoms with Crippen molar-refractivity contribution < 1.29 is 9.90 Å². The molecule has 0 amide bonds. The molecule has 1 aromatic heterocycles. The number of carboxylic acids is 1. The summed E-state index contributed by atoms with van der Waals surface area (Å²) in [7, 11) is 0. The summed E-state index contributed by atoms with van der Waals surface area (Å²) in [5.41, 5.74) is 0. The lowest BCUT2D eigenvalue weighted by Gasteiger charge is -2.15. The molecular weight excluding hydrogens is 338 g/mol. The molecule has 0 radical (unpaired) electrons. The van der Waals surface area contributed by atoms with E-state index in [1.54, 1.807) is 11.3 Å². The molecule has 2 rings (SSSR count). The topological polar surface area (TPSA) is 49.3 Å². The zero-order chi connectivity index (χ0) is 13.1. The zero-order valence-electron chi connectivity index (χ0n) is 9.79. The van der Waals surface area contributed by atoms with Crippen LogP contribution in [-0.4, -0.2) is 17.6 Å². The van der Waals surface area contributed by atoms with Crippen molar-refractivity contribution in [2.24, 2.45) is 11.8 Å². The monoisotopic (exact) mass is 351 g/mol. The van der Waals surface area contributed by atoms with E-state index in [4.69, 9.17) is 16.7 Å². The van der Waals surface area contributed by atoms with Crippen LogP contribution in [0.2, 0.25) is 4.34 Å². The number of hydrogen-bond donors (Lipinski definition) is 2. The number of aliphatic carboxylic acids is 1. The molecule has 0 spiro atoms. The third kappa shape index (κ3) is 3.47. The summed E-state index contributed by atoms with van der Waals surface area (Å²) < 4.78 is 1.69. The lowest BCUT2D eigenvalue weighted by molar-refractivity contribution is -0.142. The second-order valence-electron chi connectivity index (χ2n) is 4.60. The van der Waals surface area contributed by atoms with Crippen molar-refractivity contribution in [1.82, 2.24) is 5.32 Å². The molecule has 1 fully saturated rings. The van der Waals surface area contributed by atoms with Gasteiger partial charge in [-0.1, -0.05) is 18.0 Å². The summed E-state index contributed by atoms with van der Waals surface area (Å²) in [4.78, 5) is 12.2. The van der Waals surface area contributed by atoms with E-state index in [9.17, 15) is 4.79 Å². The average Bonchev–Trinajstić information content (AvgIpc) is 2.87. The number of rotatable bonds is 5. The van der Waals surface area contributed by atoms with Gasteiger partial charge in [-0.3, -0.25) is 4.79 Å². The van der Waals surface area contributed by atoms with Gasteiger partial charge in [0.05, 0.1) is 5.92 Å². The van der Waals surface area contributed by atoms with Crippen molar-refractivity contribution in [2.75, 3.05) is 6.54 Å². The van der Waals surface area contributed by atoms with Crippen LogP contribution in [-0.2, 0) is 11.3 Å². The van der Waals surface area contributed by atoms with Crippen LogP contribution in [0.15, 0.2) is 10.5 Å². The smallest absolute Gasteiger partial charge is 0.306 e. The molecule has 1 aliphatic rings. The van der Waals surface area contributed by atoms with Gasteiger partial charge in [0.2, 0.25) is 0 Å². The predicted octanol–water partition coefficient (Wildman–Crippen LogP) is 3.75. The van der Waals surface area contributed by atoms with Crippen LogP contribution in [0.4, 0.5) is 0 Å². The molecular formula is C12H15BrClNO2S. The van der Waals surface area contributed by atoms with E-state index in [1.165, 1.54) is 0 Å². The highest BCUT2D eigenvalue weighted by Gasteiger charge is 2.32. The zero-order valence-corrected chi connectivity index (χ0v) is 12.9. The Morgan fingerprint density at radius 3 is 3.00 bits per heavy atom. The summed E-state index contributed by atoms with van der Waals surface area (Å²) in [6.45, 7) is 1.52. The van der Waals surface area contributed by atoms with E-state index in [2.05, 4.69) is 21.2 Å². The van der Waals surface area contributed by atoms with Crippen molar-refractivity contribution in [2.45, 2.75) is 25.8 Å². The van der Waals surface area contributed by atoms with E-state index in [0.29, 0.717) is 0 Å². The number of thiophene rings is 1. The molecule has 0 aliphatic heterocycles. The summed E-state index contributed by atoms with van der Waals surface area (Å²) in [6.07, 6.45) is 2.86. The molecule has 0 saturated heterocycles. The van der Waals surface area contributed by atoms with E-state index >= 15 is 0 Å². The van der Waals surface area contributed by atoms with Crippen molar-refractivity contribution in [3.05, 3.63) is 19.8 Å². The van der Waals surface area contributed by atoms with Crippen LogP contribution in [0.1, 0.15) is 24.1 Å². The largest absolute Gasteiger partial charge is 0.481 e. The van der Waals surface area contributed by atoms with Gasteiger partial charge in [0.15, 0.2) is 0 Å². The highest BCUT2D eigenvalue weighted by Crippen LogP contribution is 2.33. The minimum Gasteiger partial charge on any atom is -0.481 e. The van der Waals surface area contributed by atoms with Crippen LogP contribution >= 0.6 is 38.9 Å². The Balaban J connectivity index is 1.80. The molecule has 100 valence electrons. The Morgan fingerprint density at radius 1 is 1.61 bits per heavy atom. The van der Waals surface area contributed by atoms with E-state index in [-0.39, 0.29) is 11.8 Å². The van der Waals surface area contributed by atoms with Gasteiger partial charge in [-0.05, 0) is 47.3 Å². The van der Waals surface area contributed by atoms with Crippen molar-refractivity contribution >= 4 is 44.8 Å². The van der Waals surface area contributed by atoms with Gasteiger partial charge in [0.1, 0.15) is 4.34 Å². The Labute approximate surface area is 124 Å². The molecule has 1 aromatic rings. The van der Waals surface area contributed by atoms with Gasteiger partial charge in [-0.2, -0.15) is 0 Å². The van der Waals surface area contributed by atoms with Crippen molar-refractivity contribution in [3.8, 4) is 0 Å². The molecule has 3 nitrogen and oxygen atoms in total. The summed E-state index contributed by atoms with van der Waals surface area (Å²) >= 11 is 10.9. The fourth-order valence-electron chi connectivity index (χ4n) is 2.47. The summed E-state index contributed by atoms with van der Waals surface area (Å²) in [5.74, 6) is -0.557. The van der Waals surface area contributed by atoms with Crippen molar-refractivity contribution in [1.29, 1.82) is 0 Å².